The molecule has 0 aliphatic carbocycles. The molecule has 5 rings (SSSR count). The van der Waals surface area contributed by atoms with E-state index in [-0.39, 0.29) is 33.5 Å². The van der Waals surface area contributed by atoms with Gasteiger partial charge < -0.3 is 30.1 Å². The Morgan fingerprint density at radius 1 is 1.12 bits per heavy atom. The van der Waals surface area contributed by atoms with Gasteiger partial charge in [-0.3, -0.25) is 4.79 Å². The maximum atomic E-state index is 12.8. The second-order valence-corrected chi connectivity index (χ2v) is 11.9. The van der Waals surface area contributed by atoms with E-state index in [0.29, 0.717) is 46.7 Å². The van der Waals surface area contributed by atoms with E-state index >= 15 is 0 Å². The van der Waals surface area contributed by atoms with Crippen molar-refractivity contribution in [3.63, 3.8) is 0 Å². The summed E-state index contributed by atoms with van der Waals surface area (Å²) in [6.45, 7) is 11.9. The number of carbonyl (C=O) groups excluding carboxylic acids is 1. The summed E-state index contributed by atoms with van der Waals surface area (Å²) in [7, 11) is 0. The highest BCUT2D eigenvalue weighted by molar-refractivity contribution is 7.17. The van der Waals surface area contributed by atoms with Gasteiger partial charge in [0.1, 0.15) is 27.8 Å². The molecule has 2 aliphatic rings. The van der Waals surface area contributed by atoms with Crippen LogP contribution in [0.1, 0.15) is 46.1 Å². The second kappa shape index (κ2) is 11.9. The smallest absolute Gasteiger partial charge is 0.348 e. The summed E-state index contributed by atoms with van der Waals surface area (Å²) >= 11 is 13.5. The number of hydrogen-bond donors (Lipinski definition) is 3. The molecule has 0 aromatic carbocycles. The lowest BCUT2D eigenvalue weighted by atomic mass is 9.94. The van der Waals surface area contributed by atoms with Gasteiger partial charge in [0.2, 0.25) is 0 Å². The van der Waals surface area contributed by atoms with E-state index in [4.69, 9.17) is 28.2 Å². The molecule has 11 nitrogen and oxygen atoms in total. The summed E-state index contributed by atoms with van der Waals surface area (Å²) in [4.78, 5) is 48.5. The predicted molar refractivity (Wildman–Crippen MR) is 157 cm³/mol. The summed E-state index contributed by atoms with van der Waals surface area (Å²) in [6.07, 6.45) is 3.97. The van der Waals surface area contributed by atoms with Crippen LogP contribution >= 0.6 is 34.5 Å². The fourth-order valence-corrected chi connectivity index (χ4v) is 6.53. The minimum absolute atomic E-state index is 0.0795. The number of amides is 1. The minimum atomic E-state index is -1.05. The van der Waals surface area contributed by atoms with Crippen LogP contribution in [0.4, 0.5) is 10.9 Å². The number of aromatic amines is 1. The van der Waals surface area contributed by atoms with Crippen LogP contribution < -0.4 is 15.1 Å². The average molecular weight is 608 g/mol. The van der Waals surface area contributed by atoms with E-state index in [1.54, 1.807) is 19.3 Å². The summed E-state index contributed by atoms with van der Waals surface area (Å²) in [5.74, 6) is -0.490. The average Bonchev–Trinajstić information content (AvgIpc) is 3.52. The van der Waals surface area contributed by atoms with Crippen molar-refractivity contribution in [2.75, 3.05) is 55.6 Å². The number of rotatable bonds is 7. The quantitative estimate of drug-likeness (QED) is 0.365. The monoisotopic (exact) mass is 606 g/mol. The molecule has 2 atom stereocenters. The number of piperazine rings is 1. The van der Waals surface area contributed by atoms with Crippen molar-refractivity contribution in [1.82, 2.24) is 30.2 Å². The Bertz CT molecular complexity index is 1390. The first-order valence-electron chi connectivity index (χ1n) is 13.3. The van der Waals surface area contributed by atoms with E-state index in [1.165, 1.54) is 0 Å². The number of aromatic carboxylic acids is 1. The Labute approximate surface area is 246 Å². The molecule has 0 radical (unpaired) electrons. The van der Waals surface area contributed by atoms with Crippen molar-refractivity contribution in [3.8, 4) is 11.4 Å². The van der Waals surface area contributed by atoms with Crippen molar-refractivity contribution in [2.24, 2.45) is 5.92 Å². The number of carbonyl (C=O) groups is 2. The number of anilines is 2. The fraction of sp³-hybridized carbons (Fsp3) is 0.500. The predicted octanol–water partition coefficient (Wildman–Crippen LogP) is 4.03. The third-order valence-corrected chi connectivity index (χ3v) is 9.66. The van der Waals surface area contributed by atoms with Gasteiger partial charge in [-0.1, -0.05) is 48.4 Å². The van der Waals surface area contributed by atoms with Crippen LogP contribution in [0, 0.1) is 12.8 Å². The fourth-order valence-electron chi connectivity index (χ4n) is 5.17. The topological polar surface area (TPSA) is 131 Å². The number of likely N-dealkylation sites (N-methyl/N-ethyl adjacent to an activating group) is 1. The Morgan fingerprint density at radius 2 is 1.88 bits per heavy atom. The van der Waals surface area contributed by atoms with Gasteiger partial charge in [0.25, 0.3) is 5.91 Å². The molecule has 1 amide bonds. The molecular formula is C26H32Cl2N8O3S. The van der Waals surface area contributed by atoms with Crippen molar-refractivity contribution in [2.45, 2.75) is 33.2 Å². The van der Waals surface area contributed by atoms with Crippen molar-refractivity contribution in [1.29, 1.82) is 0 Å². The van der Waals surface area contributed by atoms with Crippen molar-refractivity contribution in [3.05, 3.63) is 38.7 Å². The maximum Gasteiger partial charge on any atom is 0.348 e. The number of piperidine rings is 1. The van der Waals surface area contributed by atoms with Gasteiger partial charge in [-0.15, -0.1) is 0 Å². The maximum absolute atomic E-state index is 12.8. The molecule has 2 saturated heterocycles. The van der Waals surface area contributed by atoms with Crippen LogP contribution in [0.2, 0.25) is 10.0 Å². The molecule has 0 bridgehead atoms. The number of carboxylic acid groups (broad SMARTS) is 1. The number of aromatic nitrogens is 4. The molecule has 214 valence electrons. The standard InChI is InChI=1S/C26H32Cl2N8O3S/c1-4-34-7-9-35(10-8-34)18-12-29-17(11-30-18)21-23(25(38)39)40-26(33-21)36-6-5-16(14(2)13-36)32-24(37)22-20(28)19(27)15(3)31-22/h11-12,14,16,31H,4-10,13H2,1-3H3,(H,32,37)(H,38,39)/t14-,16+/m0/s1. The number of halogens is 2. The zero-order valence-corrected chi connectivity index (χ0v) is 24.9. The van der Waals surface area contributed by atoms with Gasteiger partial charge in [0.15, 0.2) is 5.13 Å². The first-order valence-corrected chi connectivity index (χ1v) is 14.9. The molecule has 3 aromatic rings. The van der Waals surface area contributed by atoms with E-state index in [2.05, 4.69) is 41.9 Å². The van der Waals surface area contributed by atoms with Gasteiger partial charge in [-0.25, -0.2) is 19.7 Å². The first kappa shape index (κ1) is 28.6. The molecule has 0 saturated carbocycles. The number of carboxylic acids is 1. The molecule has 3 aromatic heterocycles. The van der Waals surface area contributed by atoms with E-state index < -0.39 is 5.97 Å². The third-order valence-electron chi connectivity index (χ3n) is 7.61. The Balaban J connectivity index is 1.27. The van der Waals surface area contributed by atoms with Gasteiger partial charge >= 0.3 is 5.97 Å². The highest BCUT2D eigenvalue weighted by Gasteiger charge is 2.32. The molecular weight excluding hydrogens is 575 g/mol. The van der Waals surface area contributed by atoms with Gasteiger partial charge in [-0.2, -0.15) is 0 Å². The molecule has 0 spiro atoms. The van der Waals surface area contributed by atoms with E-state index in [0.717, 1.165) is 49.9 Å². The molecule has 2 fully saturated rings. The Kier molecular flexibility index (Phi) is 8.50. The van der Waals surface area contributed by atoms with Gasteiger partial charge in [0.05, 0.1) is 22.4 Å². The zero-order valence-electron chi connectivity index (χ0n) is 22.6. The lowest BCUT2D eigenvalue weighted by molar-refractivity contribution is 0.0702. The molecule has 14 heteroatoms. The Hall–Kier alpha value is -2.93. The van der Waals surface area contributed by atoms with Crippen LogP contribution in [0.25, 0.3) is 11.4 Å². The number of thiazole rings is 1. The number of aryl methyl sites for hydroxylation is 1. The number of H-pyrrole nitrogens is 1. The van der Waals surface area contributed by atoms with Crippen LogP contribution in [-0.4, -0.2) is 93.7 Å². The van der Waals surface area contributed by atoms with Crippen LogP contribution in [0.5, 0.6) is 0 Å². The van der Waals surface area contributed by atoms with Crippen molar-refractivity contribution < 1.29 is 14.7 Å². The summed E-state index contributed by atoms with van der Waals surface area (Å²) < 4.78 is 0. The third kappa shape index (κ3) is 5.76. The lowest BCUT2D eigenvalue weighted by Crippen LogP contribution is -2.50. The molecule has 2 aliphatic heterocycles. The summed E-state index contributed by atoms with van der Waals surface area (Å²) in [5.41, 5.74) is 1.65. The molecule has 3 N–H and O–H groups in total. The molecule has 0 unspecified atom stereocenters. The number of hydrogen-bond acceptors (Lipinski definition) is 9. The Morgan fingerprint density at radius 3 is 2.45 bits per heavy atom. The highest BCUT2D eigenvalue weighted by Crippen LogP contribution is 2.35. The van der Waals surface area contributed by atoms with Crippen LogP contribution in [-0.2, 0) is 0 Å². The first-order chi connectivity index (χ1) is 19.2. The SMILES string of the molecule is CCN1CCN(c2cnc(-c3nc(N4CC[C@@H](NC(=O)c5[nH]c(C)c(Cl)c5Cl)[C@@H](C)C4)sc3C(=O)O)cn2)CC1. The normalized spacial score (nSPS) is 20.1. The van der Waals surface area contributed by atoms with Gasteiger partial charge in [-0.05, 0) is 25.8 Å². The van der Waals surface area contributed by atoms with Crippen LogP contribution in [0.3, 0.4) is 0 Å². The largest absolute Gasteiger partial charge is 0.477 e. The van der Waals surface area contributed by atoms with E-state index in [1.807, 2.05) is 6.92 Å². The zero-order chi connectivity index (χ0) is 28.6. The lowest BCUT2D eigenvalue weighted by Gasteiger charge is -2.37. The number of nitrogens with one attached hydrogen (secondary N) is 2. The second-order valence-electron chi connectivity index (χ2n) is 10.2. The van der Waals surface area contributed by atoms with Crippen LogP contribution in [0.15, 0.2) is 12.4 Å². The molecule has 5 heterocycles. The summed E-state index contributed by atoms with van der Waals surface area (Å²) in [6, 6.07) is -0.0850. The highest BCUT2D eigenvalue weighted by atomic mass is 35.5. The van der Waals surface area contributed by atoms with Crippen molar-refractivity contribution >= 4 is 57.4 Å². The van der Waals surface area contributed by atoms with E-state index in [9.17, 15) is 14.7 Å². The molecule has 40 heavy (non-hydrogen) atoms. The van der Waals surface area contributed by atoms with Gasteiger partial charge in [0, 0.05) is 51.0 Å². The number of nitrogens with zero attached hydrogens (tertiary/aromatic N) is 6. The minimum Gasteiger partial charge on any atom is -0.477 e. The summed E-state index contributed by atoms with van der Waals surface area (Å²) in [5, 5.41) is 14.1.